The average molecular weight is 311 g/mol. The van der Waals surface area contributed by atoms with E-state index in [9.17, 15) is 4.79 Å². The molecule has 0 saturated carbocycles. The Morgan fingerprint density at radius 3 is 3.00 bits per heavy atom. The molecule has 2 heterocycles. The van der Waals surface area contributed by atoms with Gasteiger partial charge in [0.2, 0.25) is 5.91 Å². The lowest BCUT2D eigenvalue weighted by Gasteiger charge is -2.17. The summed E-state index contributed by atoms with van der Waals surface area (Å²) < 4.78 is 0. The molecule has 2 rings (SSSR count). The molecule has 5 heteroatoms. The molecule has 0 bridgehead atoms. The van der Waals surface area contributed by atoms with Crippen LogP contribution in [0.5, 0.6) is 0 Å². The van der Waals surface area contributed by atoms with E-state index in [-0.39, 0.29) is 5.91 Å². The van der Waals surface area contributed by atoms with Gasteiger partial charge in [-0.3, -0.25) is 4.79 Å². The summed E-state index contributed by atoms with van der Waals surface area (Å²) in [6, 6.07) is 1.08. The van der Waals surface area contributed by atoms with Crippen molar-refractivity contribution < 1.29 is 4.79 Å². The van der Waals surface area contributed by atoms with Crippen molar-refractivity contribution in [3.05, 3.63) is 12.4 Å². The van der Waals surface area contributed by atoms with Gasteiger partial charge in [-0.05, 0) is 19.3 Å². The molecule has 2 fully saturated rings. The summed E-state index contributed by atoms with van der Waals surface area (Å²) in [5, 5.41) is 10.5. The van der Waals surface area contributed by atoms with Crippen molar-refractivity contribution in [3.63, 3.8) is 0 Å². The third-order valence-electron chi connectivity index (χ3n) is 4.27. The molecule has 0 spiro atoms. The van der Waals surface area contributed by atoms with E-state index in [1.807, 2.05) is 11.8 Å². The number of rotatable bonds is 9. The molecule has 120 valence electrons. The van der Waals surface area contributed by atoms with Crippen LogP contribution in [0, 0.1) is 0 Å². The SMILES string of the molecule is C=C1N[C@@H]2CSC(CCCCC(=O)NCCCCC)[C@@H]2N1. The third-order valence-corrected chi connectivity index (χ3v) is 5.78. The Morgan fingerprint density at radius 1 is 1.33 bits per heavy atom. The highest BCUT2D eigenvalue weighted by Crippen LogP contribution is 2.34. The lowest BCUT2D eigenvalue weighted by atomic mass is 10.0. The molecule has 3 N–H and O–H groups in total. The Bertz CT molecular complexity index is 361. The van der Waals surface area contributed by atoms with E-state index in [4.69, 9.17) is 0 Å². The number of nitrogens with one attached hydrogen (secondary N) is 3. The molecule has 1 unspecified atom stereocenters. The molecule has 21 heavy (non-hydrogen) atoms. The fraction of sp³-hybridized carbons (Fsp3) is 0.812. The van der Waals surface area contributed by atoms with Crippen LogP contribution in [0.2, 0.25) is 0 Å². The number of carbonyl (C=O) groups is 1. The topological polar surface area (TPSA) is 53.2 Å². The molecule has 2 aliphatic heterocycles. The number of thioether (sulfide) groups is 1. The molecule has 0 aliphatic carbocycles. The Labute approximate surface area is 132 Å². The van der Waals surface area contributed by atoms with Crippen molar-refractivity contribution in [2.75, 3.05) is 12.3 Å². The lowest BCUT2D eigenvalue weighted by molar-refractivity contribution is -0.121. The van der Waals surface area contributed by atoms with E-state index in [1.54, 1.807) is 0 Å². The van der Waals surface area contributed by atoms with Gasteiger partial charge in [-0.2, -0.15) is 11.8 Å². The Balaban J connectivity index is 1.52. The minimum Gasteiger partial charge on any atom is -0.367 e. The first kappa shape index (κ1) is 16.5. The van der Waals surface area contributed by atoms with Gasteiger partial charge < -0.3 is 16.0 Å². The molecular weight excluding hydrogens is 282 g/mol. The molecule has 4 nitrogen and oxygen atoms in total. The summed E-state index contributed by atoms with van der Waals surface area (Å²) in [6.45, 7) is 6.97. The van der Waals surface area contributed by atoms with Crippen molar-refractivity contribution in [2.45, 2.75) is 69.2 Å². The third kappa shape index (κ3) is 5.13. The molecule has 0 aromatic rings. The molecule has 0 radical (unpaired) electrons. The number of hydrogen-bond donors (Lipinski definition) is 3. The zero-order valence-corrected chi connectivity index (χ0v) is 13.9. The van der Waals surface area contributed by atoms with Gasteiger partial charge in [0.25, 0.3) is 0 Å². The monoisotopic (exact) mass is 311 g/mol. The Hall–Kier alpha value is -0.840. The summed E-state index contributed by atoms with van der Waals surface area (Å²) >= 11 is 2.05. The molecule has 1 amide bonds. The second-order valence-corrected chi connectivity index (χ2v) is 7.35. The van der Waals surface area contributed by atoms with Gasteiger partial charge in [-0.15, -0.1) is 0 Å². The van der Waals surface area contributed by atoms with Crippen LogP contribution < -0.4 is 16.0 Å². The maximum atomic E-state index is 11.7. The van der Waals surface area contributed by atoms with Crippen molar-refractivity contribution in [2.24, 2.45) is 0 Å². The second-order valence-electron chi connectivity index (χ2n) is 6.07. The van der Waals surface area contributed by atoms with E-state index in [1.165, 1.54) is 25.0 Å². The number of unbranched alkanes of at least 4 members (excludes halogenated alkanes) is 3. The van der Waals surface area contributed by atoms with Crippen molar-refractivity contribution in [1.82, 2.24) is 16.0 Å². The minimum atomic E-state index is 0.220. The van der Waals surface area contributed by atoms with Crippen LogP contribution in [-0.4, -0.2) is 35.5 Å². The normalized spacial score (nSPS) is 27.1. The molecule has 3 atom stereocenters. The number of hydrogen-bond acceptors (Lipinski definition) is 4. The minimum absolute atomic E-state index is 0.220. The average Bonchev–Trinajstić information content (AvgIpc) is 2.99. The summed E-state index contributed by atoms with van der Waals surface area (Å²) in [4.78, 5) is 11.7. The maximum absolute atomic E-state index is 11.7. The van der Waals surface area contributed by atoms with Crippen molar-refractivity contribution in [1.29, 1.82) is 0 Å². The Kier molecular flexibility index (Phi) is 6.74. The van der Waals surface area contributed by atoms with Crippen molar-refractivity contribution in [3.8, 4) is 0 Å². The van der Waals surface area contributed by atoms with Crippen LogP contribution in [-0.2, 0) is 4.79 Å². The van der Waals surface area contributed by atoms with Crippen LogP contribution in [0.1, 0.15) is 51.9 Å². The highest BCUT2D eigenvalue weighted by atomic mass is 32.2. The van der Waals surface area contributed by atoms with Crippen molar-refractivity contribution >= 4 is 17.7 Å². The number of fused-ring (bicyclic) bond motifs is 1. The summed E-state index contributed by atoms with van der Waals surface area (Å²) in [5.74, 6) is 2.36. The predicted molar refractivity (Wildman–Crippen MR) is 90.2 cm³/mol. The number of amides is 1. The summed E-state index contributed by atoms with van der Waals surface area (Å²) in [5.41, 5.74) is 0. The van der Waals surface area contributed by atoms with Crippen LogP contribution in [0.4, 0.5) is 0 Å². The van der Waals surface area contributed by atoms with E-state index < -0.39 is 0 Å². The van der Waals surface area contributed by atoms with Gasteiger partial charge in [-0.25, -0.2) is 0 Å². The second kappa shape index (κ2) is 8.57. The fourth-order valence-electron chi connectivity index (χ4n) is 3.07. The van der Waals surface area contributed by atoms with Crippen LogP contribution >= 0.6 is 11.8 Å². The first-order chi connectivity index (χ1) is 10.2. The lowest BCUT2D eigenvalue weighted by Crippen LogP contribution is -2.36. The standard InChI is InChI=1S/C16H29N3OS/c1-3-4-7-10-17-15(20)9-6-5-8-14-16-13(11-21-14)18-12(2)19-16/h13-14,16,18-19H,2-11H2,1H3,(H,17,20)/t13-,14?,16-/m1/s1. The first-order valence-corrected chi connectivity index (χ1v) is 9.36. The zero-order valence-electron chi connectivity index (χ0n) is 13.1. The maximum Gasteiger partial charge on any atom is 0.219 e. The van der Waals surface area contributed by atoms with Gasteiger partial charge >= 0.3 is 0 Å². The van der Waals surface area contributed by atoms with E-state index in [0.29, 0.717) is 23.8 Å². The van der Waals surface area contributed by atoms with Gasteiger partial charge in [0.15, 0.2) is 0 Å². The first-order valence-electron chi connectivity index (χ1n) is 8.31. The highest BCUT2D eigenvalue weighted by molar-refractivity contribution is 8.00. The van der Waals surface area contributed by atoms with Gasteiger partial charge in [0.05, 0.1) is 17.9 Å². The zero-order chi connectivity index (χ0) is 15.1. The van der Waals surface area contributed by atoms with E-state index >= 15 is 0 Å². The van der Waals surface area contributed by atoms with E-state index in [2.05, 4.69) is 29.5 Å². The van der Waals surface area contributed by atoms with Gasteiger partial charge in [0, 0.05) is 24.0 Å². The van der Waals surface area contributed by atoms with Gasteiger partial charge in [-0.1, -0.05) is 32.8 Å². The van der Waals surface area contributed by atoms with Crippen LogP contribution in [0.15, 0.2) is 12.4 Å². The smallest absolute Gasteiger partial charge is 0.219 e. The molecule has 0 aromatic heterocycles. The predicted octanol–water partition coefficient (Wildman–Crippen LogP) is 2.37. The van der Waals surface area contributed by atoms with Crippen LogP contribution in [0.3, 0.4) is 0 Å². The van der Waals surface area contributed by atoms with E-state index in [0.717, 1.165) is 31.6 Å². The summed E-state index contributed by atoms with van der Waals surface area (Å²) in [6.07, 6.45) is 7.51. The molecule has 2 aliphatic rings. The fourth-order valence-corrected chi connectivity index (χ4v) is 4.61. The number of carbonyl (C=O) groups excluding carboxylic acids is 1. The quantitative estimate of drug-likeness (QED) is 0.572. The molecule has 2 saturated heterocycles. The summed E-state index contributed by atoms with van der Waals surface area (Å²) in [7, 11) is 0. The largest absolute Gasteiger partial charge is 0.367 e. The molecule has 0 aromatic carbocycles. The highest BCUT2D eigenvalue weighted by Gasteiger charge is 2.40. The van der Waals surface area contributed by atoms with Crippen LogP contribution in [0.25, 0.3) is 0 Å². The molecular formula is C16H29N3OS. The van der Waals surface area contributed by atoms with Gasteiger partial charge in [0.1, 0.15) is 0 Å². The Morgan fingerprint density at radius 2 is 2.19 bits per heavy atom.